The lowest BCUT2D eigenvalue weighted by atomic mass is 9.77. The van der Waals surface area contributed by atoms with E-state index in [1.165, 1.54) is 4.90 Å². The number of aliphatic hydroxyl groups is 1. The number of rotatable bonds is 6. The van der Waals surface area contributed by atoms with Gasteiger partial charge >= 0.3 is 0 Å². The highest BCUT2D eigenvalue weighted by Gasteiger charge is 2.71. The Kier molecular flexibility index (Phi) is 6.79. The first-order valence-electron chi connectivity index (χ1n) is 13.3. The third-order valence-electron chi connectivity index (χ3n) is 8.15. The largest absolute Gasteiger partial charge is 0.396 e. The highest BCUT2D eigenvalue weighted by Crippen LogP contribution is 2.53. The van der Waals surface area contributed by atoms with Gasteiger partial charge in [-0.25, -0.2) is 0 Å². The number of fused-ring (bicyclic) bond motifs is 2. The molecule has 6 rings (SSSR count). The molecule has 39 heavy (non-hydrogen) atoms. The van der Waals surface area contributed by atoms with Crippen LogP contribution in [-0.2, 0) is 25.7 Å². The number of hydrogen-bond acceptors (Lipinski definition) is 5. The maximum Gasteiger partial charge on any atom is 0.253 e. The molecule has 0 aliphatic carbocycles. The zero-order valence-electron chi connectivity index (χ0n) is 21.4. The van der Waals surface area contributed by atoms with Crippen LogP contribution < -0.4 is 4.90 Å². The number of anilines is 1. The number of carbonyl (C=O) groups is 3. The summed E-state index contributed by atoms with van der Waals surface area (Å²) in [5, 5.41) is 10.1. The summed E-state index contributed by atoms with van der Waals surface area (Å²) in [6, 6.07) is 15.7. The normalized spacial score (nSPS) is 29.8. The molecular weight excluding hydrogens is 518 g/mol. The van der Waals surface area contributed by atoms with E-state index in [0.717, 1.165) is 5.56 Å². The Balaban J connectivity index is 1.39. The minimum atomic E-state index is -1.30. The lowest BCUT2D eigenvalue weighted by Gasteiger charge is -2.35. The molecule has 3 amide bonds. The average molecular weight is 548 g/mol. The highest BCUT2D eigenvalue weighted by molar-refractivity contribution is 6.30. The van der Waals surface area contributed by atoms with E-state index < -0.39 is 29.6 Å². The lowest BCUT2D eigenvalue weighted by Crippen LogP contribution is -2.55. The topological polar surface area (TPSA) is 90.4 Å². The number of likely N-dealkylation sites (tertiary alicyclic amines) is 1. The molecule has 0 radical (unpaired) electrons. The second kappa shape index (κ2) is 10.3. The summed E-state index contributed by atoms with van der Waals surface area (Å²) >= 11 is 6.08. The van der Waals surface area contributed by atoms with Crippen molar-refractivity contribution in [1.29, 1.82) is 0 Å². The Morgan fingerprint density at radius 1 is 0.949 bits per heavy atom. The van der Waals surface area contributed by atoms with Crippen LogP contribution in [0.4, 0.5) is 5.69 Å². The Bertz CT molecular complexity index is 1330. The van der Waals surface area contributed by atoms with Gasteiger partial charge < -0.3 is 24.5 Å². The van der Waals surface area contributed by atoms with Crippen LogP contribution in [0, 0.1) is 11.8 Å². The number of carbonyl (C=O) groups excluding carboxylic acids is 3. The fourth-order valence-corrected chi connectivity index (χ4v) is 6.59. The number of amides is 3. The van der Waals surface area contributed by atoms with Gasteiger partial charge in [0.2, 0.25) is 11.8 Å². The second-order valence-corrected chi connectivity index (χ2v) is 10.8. The Hall–Kier alpha value is -3.46. The van der Waals surface area contributed by atoms with Crippen molar-refractivity contribution < 1.29 is 24.2 Å². The fourth-order valence-electron chi connectivity index (χ4n) is 6.47. The molecule has 4 aliphatic rings. The second-order valence-electron chi connectivity index (χ2n) is 10.4. The number of benzene rings is 2. The van der Waals surface area contributed by atoms with Crippen LogP contribution >= 0.6 is 11.6 Å². The van der Waals surface area contributed by atoms with E-state index in [9.17, 15) is 19.5 Å². The monoisotopic (exact) mass is 547 g/mol. The third kappa shape index (κ3) is 4.27. The first-order chi connectivity index (χ1) is 18.9. The lowest BCUT2D eigenvalue weighted by molar-refractivity contribution is -0.144. The van der Waals surface area contributed by atoms with Crippen LogP contribution in [-0.4, -0.2) is 76.6 Å². The van der Waals surface area contributed by atoms with Crippen molar-refractivity contribution in [2.45, 2.75) is 30.7 Å². The molecule has 2 aromatic rings. The molecule has 2 fully saturated rings. The van der Waals surface area contributed by atoms with Gasteiger partial charge in [-0.05, 0) is 36.2 Å². The van der Waals surface area contributed by atoms with Crippen molar-refractivity contribution in [3.05, 3.63) is 89.5 Å². The maximum atomic E-state index is 14.2. The van der Waals surface area contributed by atoms with E-state index in [0.29, 0.717) is 30.2 Å². The molecule has 1 spiro atoms. The van der Waals surface area contributed by atoms with Gasteiger partial charge in [0.15, 0.2) is 0 Å². The predicted octanol–water partition coefficient (Wildman–Crippen LogP) is 2.80. The summed E-state index contributed by atoms with van der Waals surface area (Å²) in [5.41, 5.74) is 0.353. The number of ether oxygens (including phenoxy) is 1. The van der Waals surface area contributed by atoms with Crippen molar-refractivity contribution in [3.8, 4) is 0 Å². The van der Waals surface area contributed by atoms with E-state index >= 15 is 0 Å². The molecule has 9 heteroatoms. The van der Waals surface area contributed by atoms with Crippen molar-refractivity contribution in [2.75, 3.05) is 31.1 Å². The average Bonchev–Trinajstić information content (AvgIpc) is 3.26. The number of halogens is 1. The SMILES string of the molecule is O=C1[C@@H]2[C@H](C=CCN1Cc1ccccc1)O[C@]13C=CCN(c4ccc(Cl)cc4)C(=O)C1N(CCCO)C(=O)[C@H]23. The molecule has 5 atom stereocenters. The molecule has 2 aromatic carbocycles. The summed E-state index contributed by atoms with van der Waals surface area (Å²) in [6.07, 6.45) is 7.13. The molecule has 1 unspecified atom stereocenters. The molecule has 0 aromatic heterocycles. The molecule has 2 saturated heterocycles. The number of aliphatic hydroxyl groups excluding tert-OH is 1. The van der Waals surface area contributed by atoms with Gasteiger partial charge in [0.25, 0.3) is 5.91 Å². The van der Waals surface area contributed by atoms with E-state index in [4.69, 9.17) is 16.3 Å². The smallest absolute Gasteiger partial charge is 0.253 e. The molecule has 1 N–H and O–H groups in total. The van der Waals surface area contributed by atoms with Gasteiger partial charge in [-0.15, -0.1) is 0 Å². The Morgan fingerprint density at radius 3 is 2.46 bits per heavy atom. The molecule has 8 nitrogen and oxygen atoms in total. The molecular formula is C30H30ClN3O5. The minimum Gasteiger partial charge on any atom is -0.396 e. The van der Waals surface area contributed by atoms with Crippen LogP contribution in [0.15, 0.2) is 78.9 Å². The van der Waals surface area contributed by atoms with Crippen molar-refractivity contribution in [2.24, 2.45) is 11.8 Å². The van der Waals surface area contributed by atoms with E-state index in [1.807, 2.05) is 54.6 Å². The summed E-state index contributed by atoms with van der Waals surface area (Å²) < 4.78 is 6.65. The Labute approximate surface area is 232 Å². The van der Waals surface area contributed by atoms with Crippen LogP contribution in [0.1, 0.15) is 12.0 Å². The van der Waals surface area contributed by atoms with E-state index in [1.54, 1.807) is 34.1 Å². The summed E-state index contributed by atoms with van der Waals surface area (Å²) in [7, 11) is 0. The van der Waals surface area contributed by atoms with Gasteiger partial charge in [-0.1, -0.05) is 66.2 Å². The predicted molar refractivity (Wildman–Crippen MR) is 146 cm³/mol. The highest BCUT2D eigenvalue weighted by atomic mass is 35.5. The molecule has 202 valence electrons. The quantitative estimate of drug-likeness (QED) is 0.562. The molecule has 4 aliphatic heterocycles. The molecule has 0 saturated carbocycles. The van der Waals surface area contributed by atoms with Crippen LogP contribution in [0.2, 0.25) is 5.02 Å². The third-order valence-corrected chi connectivity index (χ3v) is 8.41. The summed E-state index contributed by atoms with van der Waals surface area (Å²) in [4.78, 5) is 47.3. The van der Waals surface area contributed by atoms with Gasteiger partial charge in [-0.2, -0.15) is 0 Å². The minimum absolute atomic E-state index is 0.126. The fraction of sp³-hybridized carbons (Fsp3) is 0.367. The van der Waals surface area contributed by atoms with Crippen LogP contribution in [0.3, 0.4) is 0 Å². The van der Waals surface area contributed by atoms with Crippen LogP contribution in [0.25, 0.3) is 0 Å². The first kappa shape index (κ1) is 25.8. The van der Waals surface area contributed by atoms with Crippen molar-refractivity contribution in [1.82, 2.24) is 9.80 Å². The standard InChI is InChI=1S/C30H30ClN3O5/c31-21-10-12-22(13-11-21)33-16-5-14-30-25(28(37)34(17-6-18-35)26(30)29(33)38)24-23(39-30)9-4-15-32(27(24)36)19-20-7-2-1-3-8-20/h1-5,7-14,23-26,35H,6,15-19H2/t23-,24+,25-,26?,30-/m0/s1. The molecule has 0 bridgehead atoms. The van der Waals surface area contributed by atoms with E-state index in [-0.39, 0.29) is 37.4 Å². The summed E-state index contributed by atoms with van der Waals surface area (Å²) in [6.45, 7) is 1.17. The number of hydrogen-bond donors (Lipinski definition) is 1. The van der Waals surface area contributed by atoms with Crippen molar-refractivity contribution in [3.63, 3.8) is 0 Å². The van der Waals surface area contributed by atoms with Gasteiger partial charge in [-0.3, -0.25) is 14.4 Å². The van der Waals surface area contributed by atoms with Gasteiger partial charge in [0.1, 0.15) is 11.6 Å². The number of nitrogens with zero attached hydrogens (tertiary/aromatic N) is 3. The zero-order valence-corrected chi connectivity index (χ0v) is 22.1. The maximum absolute atomic E-state index is 14.2. The molecule has 4 heterocycles. The Morgan fingerprint density at radius 2 is 1.72 bits per heavy atom. The van der Waals surface area contributed by atoms with Crippen LogP contribution in [0.5, 0.6) is 0 Å². The van der Waals surface area contributed by atoms with E-state index in [2.05, 4.69) is 0 Å². The van der Waals surface area contributed by atoms with Gasteiger partial charge in [0, 0.05) is 43.5 Å². The summed E-state index contributed by atoms with van der Waals surface area (Å²) in [5.74, 6) is -2.36. The van der Waals surface area contributed by atoms with Gasteiger partial charge in [0.05, 0.1) is 17.9 Å². The zero-order chi connectivity index (χ0) is 27.1. The van der Waals surface area contributed by atoms with Crippen molar-refractivity contribution >= 4 is 35.0 Å². The first-order valence-corrected chi connectivity index (χ1v) is 13.7.